The van der Waals surface area contributed by atoms with Crippen molar-refractivity contribution in [2.45, 2.75) is 0 Å². The summed E-state index contributed by atoms with van der Waals surface area (Å²) in [5, 5.41) is 8.85. The Balaban J connectivity index is 2.39. The summed E-state index contributed by atoms with van der Waals surface area (Å²) in [5.74, 6) is 1.20. The minimum Gasteiger partial charge on any atom is -0.497 e. The van der Waals surface area contributed by atoms with Gasteiger partial charge in [-0.3, -0.25) is 0 Å². The number of nitrogens with zero attached hydrogens (tertiary/aromatic N) is 1. The van der Waals surface area contributed by atoms with Gasteiger partial charge in [-0.2, -0.15) is 5.26 Å². The Kier molecular flexibility index (Phi) is 6.62. The molecule has 1 aromatic carbocycles. The summed E-state index contributed by atoms with van der Waals surface area (Å²) >= 11 is 0. The number of nitriles is 1. The van der Waals surface area contributed by atoms with Gasteiger partial charge in [0.05, 0.1) is 38.6 Å². The van der Waals surface area contributed by atoms with Crippen molar-refractivity contribution in [2.24, 2.45) is 0 Å². The zero-order valence-electron chi connectivity index (χ0n) is 10.6. The minimum atomic E-state index is 0.418. The largest absolute Gasteiger partial charge is 0.497 e. The van der Waals surface area contributed by atoms with Crippen molar-refractivity contribution in [3.63, 3.8) is 0 Å². The summed E-state index contributed by atoms with van der Waals surface area (Å²) in [5.41, 5.74) is 0.504. The van der Waals surface area contributed by atoms with E-state index in [4.69, 9.17) is 24.2 Å². The number of benzene rings is 1. The van der Waals surface area contributed by atoms with E-state index >= 15 is 0 Å². The summed E-state index contributed by atoms with van der Waals surface area (Å²) in [6.45, 7) is 2.00. The topological polar surface area (TPSA) is 60.7 Å². The van der Waals surface area contributed by atoms with E-state index in [1.54, 1.807) is 32.4 Å². The lowest BCUT2D eigenvalue weighted by molar-refractivity contribution is 0.0544. The van der Waals surface area contributed by atoms with Gasteiger partial charge in [-0.25, -0.2) is 0 Å². The van der Waals surface area contributed by atoms with Crippen LogP contribution in [0.15, 0.2) is 18.2 Å². The Morgan fingerprint density at radius 2 is 1.72 bits per heavy atom. The molecule has 5 heteroatoms. The van der Waals surface area contributed by atoms with Crippen LogP contribution < -0.4 is 9.47 Å². The molecule has 0 saturated heterocycles. The highest BCUT2D eigenvalue weighted by Crippen LogP contribution is 2.22. The lowest BCUT2D eigenvalue weighted by atomic mass is 10.2. The van der Waals surface area contributed by atoms with Gasteiger partial charge >= 0.3 is 0 Å². The molecule has 0 amide bonds. The first kappa shape index (κ1) is 14.3. The fraction of sp³-hybridized carbons (Fsp3) is 0.462. The predicted octanol–water partition coefficient (Wildman–Crippen LogP) is 1.61. The van der Waals surface area contributed by atoms with Crippen molar-refractivity contribution in [1.82, 2.24) is 0 Å². The number of rotatable bonds is 8. The molecule has 5 nitrogen and oxygen atoms in total. The van der Waals surface area contributed by atoms with Crippen LogP contribution >= 0.6 is 0 Å². The van der Waals surface area contributed by atoms with Crippen LogP contribution in [0.2, 0.25) is 0 Å². The molecule has 98 valence electrons. The van der Waals surface area contributed by atoms with Gasteiger partial charge in [0.1, 0.15) is 18.1 Å². The van der Waals surface area contributed by atoms with Crippen LogP contribution in [0.25, 0.3) is 0 Å². The molecular weight excluding hydrogens is 234 g/mol. The van der Waals surface area contributed by atoms with Crippen LogP contribution in [-0.4, -0.2) is 40.6 Å². The first-order chi connectivity index (χ1) is 8.80. The molecule has 0 aliphatic heterocycles. The molecule has 0 atom stereocenters. The summed E-state index contributed by atoms with van der Waals surface area (Å²) in [6, 6.07) is 7.10. The molecule has 0 aliphatic rings. The van der Waals surface area contributed by atoms with E-state index in [0.29, 0.717) is 43.5 Å². The summed E-state index contributed by atoms with van der Waals surface area (Å²) < 4.78 is 20.7. The maximum absolute atomic E-state index is 8.85. The Morgan fingerprint density at radius 3 is 2.39 bits per heavy atom. The molecule has 0 aromatic heterocycles. The van der Waals surface area contributed by atoms with Gasteiger partial charge in [0.2, 0.25) is 0 Å². The molecule has 0 radical (unpaired) electrons. The van der Waals surface area contributed by atoms with Gasteiger partial charge < -0.3 is 18.9 Å². The number of hydrogen-bond donors (Lipinski definition) is 0. The molecule has 18 heavy (non-hydrogen) atoms. The molecule has 0 saturated carbocycles. The van der Waals surface area contributed by atoms with E-state index in [-0.39, 0.29) is 0 Å². The summed E-state index contributed by atoms with van der Waals surface area (Å²) in [4.78, 5) is 0. The van der Waals surface area contributed by atoms with E-state index in [1.165, 1.54) is 0 Å². The summed E-state index contributed by atoms with van der Waals surface area (Å²) in [6.07, 6.45) is 0. The Labute approximate surface area is 107 Å². The van der Waals surface area contributed by atoms with Crippen LogP contribution in [0, 0.1) is 11.3 Å². The SMILES string of the molecule is COCCOCCOc1cc(C#N)cc(OC)c1. The average molecular weight is 251 g/mol. The van der Waals surface area contributed by atoms with Crippen molar-refractivity contribution in [3.05, 3.63) is 23.8 Å². The van der Waals surface area contributed by atoms with Crippen molar-refractivity contribution < 1.29 is 18.9 Å². The van der Waals surface area contributed by atoms with Gasteiger partial charge in [0, 0.05) is 13.2 Å². The van der Waals surface area contributed by atoms with Gasteiger partial charge in [0.15, 0.2) is 0 Å². The highest BCUT2D eigenvalue weighted by molar-refractivity contribution is 5.43. The molecule has 1 rings (SSSR count). The number of hydrogen-bond acceptors (Lipinski definition) is 5. The average Bonchev–Trinajstić information content (AvgIpc) is 2.42. The molecule has 0 fully saturated rings. The van der Waals surface area contributed by atoms with Gasteiger partial charge in [-0.1, -0.05) is 0 Å². The Hall–Kier alpha value is -1.77. The third-order valence-electron chi connectivity index (χ3n) is 2.17. The third-order valence-corrected chi connectivity index (χ3v) is 2.17. The van der Waals surface area contributed by atoms with E-state index in [1.807, 2.05) is 0 Å². The van der Waals surface area contributed by atoms with E-state index < -0.39 is 0 Å². The van der Waals surface area contributed by atoms with Gasteiger partial charge in [-0.05, 0) is 12.1 Å². The molecule has 1 aromatic rings. The van der Waals surface area contributed by atoms with Crippen molar-refractivity contribution in [1.29, 1.82) is 5.26 Å². The highest BCUT2D eigenvalue weighted by atomic mass is 16.5. The molecule has 0 N–H and O–H groups in total. The first-order valence-corrected chi connectivity index (χ1v) is 5.59. The standard InChI is InChI=1S/C13H17NO4/c1-15-3-4-17-5-6-18-13-8-11(10-14)7-12(9-13)16-2/h7-9H,3-6H2,1-2H3. The minimum absolute atomic E-state index is 0.418. The fourth-order valence-corrected chi connectivity index (χ4v) is 1.30. The smallest absolute Gasteiger partial charge is 0.124 e. The van der Waals surface area contributed by atoms with E-state index in [9.17, 15) is 0 Å². The molecule has 0 bridgehead atoms. The number of ether oxygens (including phenoxy) is 4. The maximum Gasteiger partial charge on any atom is 0.124 e. The second kappa shape index (κ2) is 8.34. The fourth-order valence-electron chi connectivity index (χ4n) is 1.30. The zero-order chi connectivity index (χ0) is 13.2. The normalized spacial score (nSPS) is 9.83. The third kappa shape index (κ3) is 5.04. The predicted molar refractivity (Wildman–Crippen MR) is 65.9 cm³/mol. The molecular formula is C13H17NO4. The monoisotopic (exact) mass is 251 g/mol. The Morgan fingerprint density at radius 1 is 1.00 bits per heavy atom. The lowest BCUT2D eigenvalue weighted by Crippen LogP contribution is -2.10. The van der Waals surface area contributed by atoms with E-state index in [2.05, 4.69) is 6.07 Å². The second-order valence-electron chi connectivity index (χ2n) is 3.46. The van der Waals surface area contributed by atoms with Crippen LogP contribution in [0.1, 0.15) is 5.56 Å². The number of methoxy groups -OCH3 is 2. The molecule has 0 spiro atoms. The molecule has 0 heterocycles. The van der Waals surface area contributed by atoms with E-state index in [0.717, 1.165) is 0 Å². The van der Waals surface area contributed by atoms with Crippen LogP contribution in [0.3, 0.4) is 0 Å². The van der Waals surface area contributed by atoms with Crippen LogP contribution in [-0.2, 0) is 9.47 Å². The molecule has 0 unspecified atom stereocenters. The summed E-state index contributed by atoms with van der Waals surface area (Å²) in [7, 11) is 3.17. The maximum atomic E-state index is 8.85. The molecule has 0 aliphatic carbocycles. The zero-order valence-corrected chi connectivity index (χ0v) is 10.6. The van der Waals surface area contributed by atoms with Crippen molar-refractivity contribution in [3.8, 4) is 17.6 Å². The van der Waals surface area contributed by atoms with Crippen LogP contribution in [0.4, 0.5) is 0 Å². The van der Waals surface area contributed by atoms with Gasteiger partial charge in [-0.15, -0.1) is 0 Å². The van der Waals surface area contributed by atoms with Crippen molar-refractivity contribution in [2.75, 3.05) is 40.6 Å². The lowest BCUT2D eigenvalue weighted by Gasteiger charge is -2.09. The highest BCUT2D eigenvalue weighted by Gasteiger charge is 2.02. The van der Waals surface area contributed by atoms with Gasteiger partial charge in [0.25, 0.3) is 0 Å². The van der Waals surface area contributed by atoms with Crippen LogP contribution in [0.5, 0.6) is 11.5 Å². The first-order valence-electron chi connectivity index (χ1n) is 5.59. The Bertz CT molecular complexity index is 400. The second-order valence-corrected chi connectivity index (χ2v) is 3.46. The quantitative estimate of drug-likeness (QED) is 0.657. The van der Waals surface area contributed by atoms with Crippen molar-refractivity contribution >= 4 is 0 Å².